The normalized spacial score (nSPS) is 10.9. The van der Waals surface area contributed by atoms with Crippen molar-refractivity contribution in [2.75, 3.05) is 24.8 Å². The molecule has 0 bridgehead atoms. The molecule has 7 heteroatoms. The number of hydrogen-bond donors (Lipinski definition) is 2. The fourth-order valence-corrected chi connectivity index (χ4v) is 2.02. The summed E-state index contributed by atoms with van der Waals surface area (Å²) in [5, 5.41) is 10.8. The van der Waals surface area contributed by atoms with Crippen molar-refractivity contribution in [1.29, 1.82) is 0 Å². The van der Waals surface area contributed by atoms with Crippen LogP contribution in [0.3, 0.4) is 0 Å². The zero-order chi connectivity index (χ0) is 12.9. The number of anilines is 1. The molecular weight excluding hydrogens is 246 g/mol. The van der Waals surface area contributed by atoms with Gasteiger partial charge in [0, 0.05) is 6.26 Å². The lowest BCUT2D eigenvalue weighted by atomic mass is 10.3. The van der Waals surface area contributed by atoms with Crippen LogP contribution in [0.25, 0.3) is 0 Å². The third-order valence-electron chi connectivity index (χ3n) is 1.85. The van der Waals surface area contributed by atoms with Gasteiger partial charge in [0.05, 0.1) is 17.2 Å². The molecule has 6 nitrogen and oxygen atoms in total. The number of nitrogens with one attached hydrogen (secondary N) is 1. The van der Waals surface area contributed by atoms with Crippen molar-refractivity contribution in [3.05, 3.63) is 24.3 Å². The molecule has 94 valence electrons. The highest BCUT2D eigenvalue weighted by atomic mass is 32.2. The number of carbonyl (C=O) groups excluding carboxylic acids is 1. The second-order valence-electron chi connectivity index (χ2n) is 3.25. The number of ether oxygens (including phenoxy) is 1. The Bertz CT molecular complexity index is 497. The van der Waals surface area contributed by atoms with E-state index in [0.717, 1.165) is 6.26 Å². The Hall–Kier alpha value is -1.60. The van der Waals surface area contributed by atoms with Crippen LogP contribution in [0.15, 0.2) is 29.2 Å². The lowest BCUT2D eigenvalue weighted by Crippen LogP contribution is -2.17. The summed E-state index contributed by atoms with van der Waals surface area (Å²) >= 11 is 0. The predicted octanol–water partition coefficient (Wildman–Crippen LogP) is 0.631. The van der Waals surface area contributed by atoms with E-state index >= 15 is 0 Å². The van der Waals surface area contributed by atoms with Crippen LogP contribution in [0.5, 0.6) is 0 Å². The molecule has 1 aromatic rings. The number of hydrogen-bond acceptors (Lipinski definition) is 5. The Morgan fingerprint density at radius 3 is 2.65 bits per heavy atom. The molecule has 1 rings (SSSR count). The Labute approximate surface area is 99.1 Å². The molecule has 0 unspecified atom stereocenters. The third kappa shape index (κ3) is 4.04. The van der Waals surface area contributed by atoms with Gasteiger partial charge in [-0.15, -0.1) is 0 Å². The molecule has 0 atom stereocenters. The lowest BCUT2D eigenvalue weighted by Gasteiger charge is -2.09. The van der Waals surface area contributed by atoms with Crippen LogP contribution >= 0.6 is 0 Å². The van der Waals surface area contributed by atoms with Crippen molar-refractivity contribution in [1.82, 2.24) is 0 Å². The first kappa shape index (κ1) is 13.5. The minimum Gasteiger partial charge on any atom is -0.447 e. The summed E-state index contributed by atoms with van der Waals surface area (Å²) in [5.74, 6) is 0. The molecule has 1 amide bonds. The van der Waals surface area contributed by atoms with Gasteiger partial charge in [-0.3, -0.25) is 5.32 Å². The first-order valence-corrected chi connectivity index (χ1v) is 6.68. The number of amides is 1. The van der Waals surface area contributed by atoms with Crippen molar-refractivity contribution >= 4 is 21.6 Å². The van der Waals surface area contributed by atoms with E-state index in [1.54, 1.807) is 12.1 Å². The number of carbonyl (C=O) groups is 1. The molecule has 17 heavy (non-hydrogen) atoms. The predicted molar refractivity (Wildman–Crippen MR) is 61.6 cm³/mol. The molecule has 1 aromatic carbocycles. The van der Waals surface area contributed by atoms with Crippen molar-refractivity contribution in [2.45, 2.75) is 4.90 Å². The van der Waals surface area contributed by atoms with E-state index < -0.39 is 15.9 Å². The summed E-state index contributed by atoms with van der Waals surface area (Å²) in [5.41, 5.74) is 0.151. The molecule has 0 saturated heterocycles. The smallest absolute Gasteiger partial charge is 0.411 e. The van der Waals surface area contributed by atoms with Crippen molar-refractivity contribution in [2.24, 2.45) is 0 Å². The summed E-state index contributed by atoms with van der Waals surface area (Å²) in [6.07, 6.45) is 0.238. The van der Waals surface area contributed by atoms with Gasteiger partial charge in [0.1, 0.15) is 6.61 Å². The SMILES string of the molecule is CS(=O)(=O)c1ccccc1NC(=O)OCCO. The van der Waals surface area contributed by atoms with E-state index in [9.17, 15) is 13.2 Å². The average molecular weight is 259 g/mol. The molecule has 0 aliphatic carbocycles. The summed E-state index contributed by atoms with van der Waals surface area (Å²) in [6, 6.07) is 5.99. The van der Waals surface area contributed by atoms with Crippen molar-refractivity contribution in [3.63, 3.8) is 0 Å². The van der Waals surface area contributed by atoms with Crippen LogP contribution in [0, 0.1) is 0 Å². The summed E-state index contributed by atoms with van der Waals surface area (Å²) in [4.78, 5) is 11.2. The van der Waals surface area contributed by atoms with E-state index in [1.165, 1.54) is 12.1 Å². The highest BCUT2D eigenvalue weighted by Gasteiger charge is 2.14. The van der Waals surface area contributed by atoms with Gasteiger partial charge in [-0.1, -0.05) is 12.1 Å². The van der Waals surface area contributed by atoms with Gasteiger partial charge in [-0.2, -0.15) is 0 Å². The Morgan fingerprint density at radius 2 is 2.06 bits per heavy atom. The molecule has 0 saturated carbocycles. The van der Waals surface area contributed by atoms with E-state index in [4.69, 9.17) is 5.11 Å². The van der Waals surface area contributed by atoms with Crippen molar-refractivity contribution < 1.29 is 23.1 Å². The maximum absolute atomic E-state index is 11.4. The topological polar surface area (TPSA) is 92.7 Å². The third-order valence-corrected chi connectivity index (χ3v) is 3.00. The highest BCUT2D eigenvalue weighted by Crippen LogP contribution is 2.20. The first-order valence-electron chi connectivity index (χ1n) is 4.79. The van der Waals surface area contributed by atoms with Crippen LogP contribution in [0.1, 0.15) is 0 Å². The van der Waals surface area contributed by atoms with Crippen LogP contribution in [0.2, 0.25) is 0 Å². The monoisotopic (exact) mass is 259 g/mol. The van der Waals surface area contributed by atoms with Gasteiger partial charge >= 0.3 is 6.09 Å². The molecular formula is C10H13NO5S. The average Bonchev–Trinajstić information content (AvgIpc) is 2.25. The molecule has 0 spiro atoms. The number of aliphatic hydroxyl groups excluding tert-OH is 1. The highest BCUT2D eigenvalue weighted by molar-refractivity contribution is 7.90. The molecule has 0 radical (unpaired) electrons. The summed E-state index contributed by atoms with van der Waals surface area (Å²) in [6.45, 7) is -0.436. The summed E-state index contributed by atoms with van der Waals surface area (Å²) < 4.78 is 27.4. The molecule has 0 heterocycles. The van der Waals surface area contributed by atoms with Crippen LogP contribution < -0.4 is 5.32 Å². The summed E-state index contributed by atoms with van der Waals surface area (Å²) in [7, 11) is -3.42. The van der Waals surface area contributed by atoms with Gasteiger partial charge in [0.25, 0.3) is 0 Å². The number of rotatable bonds is 4. The van der Waals surface area contributed by atoms with Gasteiger partial charge in [0.15, 0.2) is 9.84 Å². The van der Waals surface area contributed by atoms with Crippen molar-refractivity contribution in [3.8, 4) is 0 Å². The fourth-order valence-electron chi connectivity index (χ4n) is 1.18. The lowest BCUT2D eigenvalue weighted by molar-refractivity contribution is 0.131. The Balaban J connectivity index is 2.88. The van der Waals surface area contributed by atoms with Gasteiger partial charge in [0.2, 0.25) is 0 Å². The zero-order valence-corrected chi connectivity index (χ0v) is 10.0. The fraction of sp³-hybridized carbons (Fsp3) is 0.300. The molecule has 0 fully saturated rings. The number of benzene rings is 1. The second kappa shape index (κ2) is 5.65. The standard InChI is InChI=1S/C10H13NO5S/c1-17(14,15)9-5-3-2-4-8(9)11-10(13)16-7-6-12/h2-5,12H,6-7H2,1H3,(H,11,13). The van der Waals surface area contributed by atoms with Gasteiger partial charge < -0.3 is 9.84 Å². The quantitative estimate of drug-likeness (QED) is 0.827. The van der Waals surface area contributed by atoms with Crippen LogP contribution in [-0.4, -0.2) is 39.1 Å². The van der Waals surface area contributed by atoms with Gasteiger partial charge in [-0.25, -0.2) is 13.2 Å². The molecule has 0 aliphatic rings. The Morgan fingerprint density at radius 1 is 1.41 bits per heavy atom. The largest absolute Gasteiger partial charge is 0.447 e. The zero-order valence-electron chi connectivity index (χ0n) is 9.21. The molecule has 2 N–H and O–H groups in total. The van der Waals surface area contributed by atoms with E-state index in [2.05, 4.69) is 10.1 Å². The van der Waals surface area contributed by atoms with Crippen LogP contribution in [0.4, 0.5) is 10.5 Å². The minimum atomic E-state index is -3.42. The maximum Gasteiger partial charge on any atom is 0.411 e. The van der Waals surface area contributed by atoms with Crippen LogP contribution in [-0.2, 0) is 14.6 Å². The van der Waals surface area contributed by atoms with E-state index in [0.29, 0.717) is 0 Å². The maximum atomic E-state index is 11.4. The number of para-hydroxylation sites is 1. The minimum absolute atomic E-state index is 0.0148. The number of aliphatic hydroxyl groups is 1. The Kier molecular flexibility index (Phi) is 4.47. The second-order valence-corrected chi connectivity index (χ2v) is 5.24. The van der Waals surface area contributed by atoms with E-state index in [-0.39, 0.29) is 23.8 Å². The molecule has 0 aliphatic heterocycles. The van der Waals surface area contributed by atoms with E-state index in [1.807, 2.05) is 0 Å². The first-order chi connectivity index (χ1) is 7.95. The number of sulfone groups is 1. The van der Waals surface area contributed by atoms with Gasteiger partial charge in [-0.05, 0) is 12.1 Å². The molecule has 0 aromatic heterocycles.